The Morgan fingerprint density at radius 2 is 2.08 bits per heavy atom. The number of hydrogen-bond acceptors (Lipinski definition) is 5. The van der Waals surface area contributed by atoms with E-state index in [1.807, 2.05) is 56.1 Å². The number of rotatable bonds is 7. The van der Waals surface area contributed by atoms with Crippen molar-refractivity contribution in [1.29, 1.82) is 0 Å². The molecule has 2 rings (SSSR count). The van der Waals surface area contributed by atoms with E-state index in [0.29, 0.717) is 6.54 Å². The smallest absolute Gasteiger partial charge is 0.261 e. The third kappa shape index (κ3) is 4.92. The minimum Gasteiger partial charge on any atom is -0.395 e. The van der Waals surface area contributed by atoms with Crippen LogP contribution in [0.15, 0.2) is 35.4 Å². The summed E-state index contributed by atoms with van der Waals surface area (Å²) in [6.07, 6.45) is 1.59. The zero-order valence-corrected chi connectivity index (χ0v) is 14.2. The third-order valence-electron chi connectivity index (χ3n) is 3.57. The molecule has 0 aliphatic carbocycles. The Labute approximate surface area is 141 Å². The van der Waals surface area contributed by atoms with E-state index in [1.165, 1.54) is 0 Å². The van der Waals surface area contributed by atoms with Crippen molar-refractivity contribution in [2.75, 3.05) is 25.1 Å². The molecule has 1 amide bonds. The lowest BCUT2D eigenvalue weighted by molar-refractivity contribution is -0.121. The molecule has 7 nitrogen and oxygen atoms in total. The summed E-state index contributed by atoms with van der Waals surface area (Å²) < 4.78 is 1.64. The average molecular weight is 329 g/mol. The molecule has 7 heteroatoms. The molecular formula is C17H23N5O2. The number of amides is 1. The van der Waals surface area contributed by atoms with E-state index in [4.69, 9.17) is 5.11 Å². The van der Waals surface area contributed by atoms with Gasteiger partial charge in [-0.05, 0) is 37.6 Å². The third-order valence-corrected chi connectivity index (χ3v) is 3.57. The van der Waals surface area contributed by atoms with Gasteiger partial charge < -0.3 is 10.0 Å². The predicted octanol–water partition coefficient (Wildman–Crippen LogP) is 1.08. The standard InChI is InChI=1S/C17H23N5O2/c1-13-10-14(2)22(20-13)12-17(24)19-18-11-15-4-6-16(7-5-15)21(3)8-9-23/h4-7,10-11,23H,8-9,12H2,1-3H3,(H,19,24)/b18-11+. The molecule has 2 N–H and O–H groups in total. The molecule has 0 aliphatic heterocycles. The van der Waals surface area contributed by atoms with E-state index in [0.717, 1.165) is 22.6 Å². The van der Waals surface area contributed by atoms with Crippen molar-refractivity contribution >= 4 is 17.8 Å². The lowest BCUT2D eigenvalue weighted by atomic mass is 10.2. The van der Waals surface area contributed by atoms with Crippen LogP contribution in [0.1, 0.15) is 17.0 Å². The highest BCUT2D eigenvalue weighted by Gasteiger charge is 2.06. The number of aliphatic hydroxyl groups is 1. The molecule has 24 heavy (non-hydrogen) atoms. The maximum absolute atomic E-state index is 11.9. The average Bonchev–Trinajstić information content (AvgIpc) is 2.85. The Balaban J connectivity index is 1.87. The van der Waals surface area contributed by atoms with Gasteiger partial charge in [0.05, 0.1) is 18.5 Å². The van der Waals surface area contributed by atoms with Crippen LogP contribution in [0.2, 0.25) is 0 Å². The molecule has 2 aromatic rings. The highest BCUT2D eigenvalue weighted by Crippen LogP contribution is 2.12. The molecule has 0 radical (unpaired) electrons. The van der Waals surface area contributed by atoms with Gasteiger partial charge in [-0.15, -0.1) is 0 Å². The van der Waals surface area contributed by atoms with Gasteiger partial charge >= 0.3 is 0 Å². The largest absolute Gasteiger partial charge is 0.395 e. The summed E-state index contributed by atoms with van der Waals surface area (Å²) in [4.78, 5) is 13.8. The van der Waals surface area contributed by atoms with Crippen LogP contribution in [0.5, 0.6) is 0 Å². The molecule has 0 aliphatic rings. The van der Waals surface area contributed by atoms with Crippen LogP contribution in [0, 0.1) is 13.8 Å². The van der Waals surface area contributed by atoms with E-state index < -0.39 is 0 Å². The molecule has 1 heterocycles. The van der Waals surface area contributed by atoms with Gasteiger partial charge in [0.25, 0.3) is 5.91 Å². The molecule has 0 saturated carbocycles. The lowest BCUT2D eigenvalue weighted by Gasteiger charge is -2.17. The molecule has 0 fully saturated rings. The first kappa shape index (κ1) is 17.7. The Hall–Kier alpha value is -2.67. The van der Waals surface area contributed by atoms with Gasteiger partial charge in [0.1, 0.15) is 6.54 Å². The second-order valence-electron chi connectivity index (χ2n) is 5.61. The fourth-order valence-corrected chi connectivity index (χ4v) is 2.28. The van der Waals surface area contributed by atoms with Crippen LogP contribution in [-0.4, -0.2) is 47.2 Å². The molecule has 0 spiro atoms. The summed E-state index contributed by atoms with van der Waals surface area (Å²) in [5, 5.41) is 17.1. The minimum absolute atomic E-state index is 0.112. The number of hydrazone groups is 1. The number of aryl methyl sites for hydroxylation is 2. The zero-order chi connectivity index (χ0) is 17.5. The molecule has 1 aromatic carbocycles. The maximum atomic E-state index is 11.9. The SMILES string of the molecule is Cc1cc(C)n(CC(=O)N/N=C/c2ccc(N(C)CCO)cc2)n1. The molecule has 128 valence electrons. The summed E-state index contributed by atoms with van der Waals surface area (Å²) in [7, 11) is 1.92. The number of hydrogen-bond donors (Lipinski definition) is 2. The zero-order valence-electron chi connectivity index (χ0n) is 14.2. The molecular weight excluding hydrogens is 306 g/mol. The number of carbonyl (C=O) groups excluding carboxylic acids is 1. The highest BCUT2D eigenvalue weighted by molar-refractivity contribution is 5.82. The number of anilines is 1. The van der Waals surface area contributed by atoms with Gasteiger partial charge in [-0.2, -0.15) is 10.2 Å². The molecule has 0 saturated heterocycles. The number of benzene rings is 1. The Bertz CT molecular complexity index is 706. The predicted molar refractivity (Wildman–Crippen MR) is 94.2 cm³/mol. The van der Waals surface area contributed by atoms with E-state index in [-0.39, 0.29) is 19.1 Å². The van der Waals surface area contributed by atoms with Crippen molar-refractivity contribution in [1.82, 2.24) is 15.2 Å². The molecule has 0 unspecified atom stereocenters. The van der Waals surface area contributed by atoms with Crippen molar-refractivity contribution in [2.45, 2.75) is 20.4 Å². The summed E-state index contributed by atoms with van der Waals surface area (Å²) in [5.41, 5.74) is 6.21. The van der Waals surface area contributed by atoms with Crippen molar-refractivity contribution < 1.29 is 9.90 Å². The van der Waals surface area contributed by atoms with Crippen LogP contribution >= 0.6 is 0 Å². The molecule has 0 atom stereocenters. The first-order valence-electron chi connectivity index (χ1n) is 7.74. The maximum Gasteiger partial charge on any atom is 0.261 e. The van der Waals surface area contributed by atoms with Gasteiger partial charge in [-0.25, -0.2) is 5.43 Å². The second-order valence-corrected chi connectivity index (χ2v) is 5.61. The van der Waals surface area contributed by atoms with Gasteiger partial charge in [-0.3, -0.25) is 9.48 Å². The van der Waals surface area contributed by atoms with Gasteiger partial charge in [0, 0.05) is 25.0 Å². The number of aliphatic hydroxyl groups excluding tert-OH is 1. The van der Waals surface area contributed by atoms with Crippen LogP contribution in [-0.2, 0) is 11.3 Å². The van der Waals surface area contributed by atoms with E-state index in [2.05, 4.69) is 15.6 Å². The molecule has 1 aromatic heterocycles. The quantitative estimate of drug-likeness (QED) is 0.588. The number of likely N-dealkylation sites (N-methyl/N-ethyl adjacent to an activating group) is 1. The lowest BCUT2D eigenvalue weighted by Crippen LogP contribution is -2.24. The van der Waals surface area contributed by atoms with Crippen LogP contribution in [0.25, 0.3) is 0 Å². The summed E-state index contributed by atoms with van der Waals surface area (Å²) in [5.74, 6) is -0.225. The number of nitrogens with one attached hydrogen (secondary N) is 1. The Morgan fingerprint density at radius 3 is 2.67 bits per heavy atom. The normalized spacial score (nSPS) is 11.0. The topological polar surface area (TPSA) is 82.8 Å². The first-order chi connectivity index (χ1) is 11.5. The fraction of sp³-hybridized carbons (Fsp3) is 0.353. The molecule has 0 bridgehead atoms. The van der Waals surface area contributed by atoms with Crippen molar-refractivity contribution in [3.63, 3.8) is 0 Å². The van der Waals surface area contributed by atoms with Crippen molar-refractivity contribution in [3.05, 3.63) is 47.3 Å². The van der Waals surface area contributed by atoms with Crippen LogP contribution < -0.4 is 10.3 Å². The van der Waals surface area contributed by atoms with E-state index in [1.54, 1.807) is 10.9 Å². The summed E-state index contributed by atoms with van der Waals surface area (Å²) in [6, 6.07) is 9.61. The second kappa shape index (κ2) is 8.26. The van der Waals surface area contributed by atoms with Gasteiger partial charge in [0.2, 0.25) is 0 Å². The monoisotopic (exact) mass is 329 g/mol. The first-order valence-corrected chi connectivity index (χ1v) is 7.74. The van der Waals surface area contributed by atoms with Crippen LogP contribution in [0.3, 0.4) is 0 Å². The van der Waals surface area contributed by atoms with E-state index >= 15 is 0 Å². The van der Waals surface area contributed by atoms with Crippen molar-refractivity contribution in [2.24, 2.45) is 5.10 Å². The number of aromatic nitrogens is 2. The van der Waals surface area contributed by atoms with Crippen LogP contribution in [0.4, 0.5) is 5.69 Å². The van der Waals surface area contributed by atoms with Gasteiger partial charge in [0.15, 0.2) is 0 Å². The number of carbonyl (C=O) groups is 1. The Morgan fingerprint density at radius 1 is 1.38 bits per heavy atom. The van der Waals surface area contributed by atoms with E-state index in [9.17, 15) is 4.79 Å². The minimum atomic E-state index is -0.225. The Kier molecular flexibility index (Phi) is 6.08. The van der Waals surface area contributed by atoms with Gasteiger partial charge in [-0.1, -0.05) is 12.1 Å². The summed E-state index contributed by atoms with van der Waals surface area (Å²) >= 11 is 0. The summed E-state index contributed by atoms with van der Waals surface area (Å²) in [6.45, 7) is 4.63. The fourth-order valence-electron chi connectivity index (χ4n) is 2.28. The highest BCUT2D eigenvalue weighted by atomic mass is 16.3. The number of nitrogens with zero attached hydrogens (tertiary/aromatic N) is 4. The van der Waals surface area contributed by atoms with Crippen molar-refractivity contribution in [3.8, 4) is 0 Å².